The average molecular weight is 209 g/mol. The Hall–Kier alpha value is -0.850. The molecule has 88 valence electrons. The van der Waals surface area contributed by atoms with Crippen LogP contribution in [0.15, 0.2) is 18.3 Å². The van der Waals surface area contributed by atoms with Gasteiger partial charge >= 0.3 is 0 Å². The predicted octanol–water partition coefficient (Wildman–Crippen LogP) is 4.96. The molecule has 15 heavy (non-hydrogen) atoms. The third-order valence-corrected chi connectivity index (χ3v) is 2.10. The van der Waals surface area contributed by atoms with Crippen LogP contribution in [-0.4, -0.2) is 4.98 Å². The van der Waals surface area contributed by atoms with Gasteiger partial charge in [-0.1, -0.05) is 41.5 Å². The van der Waals surface area contributed by atoms with Gasteiger partial charge in [0.1, 0.15) is 0 Å². The Morgan fingerprint density at radius 2 is 1.73 bits per heavy atom. The molecule has 0 N–H and O–H groups in total. The van der Waals surface area contributed by atoms with Crippen LogP contribution in [0.4, 0.5) is 0 Å². The molecule has 0 radical (unpaired) electrons. The van der Waals surface area contributed by atoms with E-state index in [-0.39, 0.29) is 0 Å². The van der Waals surface area contributed by atoms with Crippen molar-refractivity contribution in [2.75, 3.05) is 0 Å². The molecular weight excluding hydrogens is 182 g/mol. The van der Waals surface area contributed by atoms with Crippen molar-refractivity contribution in [3.05, 3.63) is 29.6 Å². The van der Waals surface area contributed by atoms with E-state index in [0.717, 1.165) is 5.69 Å². The SMILES string of the molecule is CC.CC.CCC(C)c1ccnc(C)c1. The minimum absolute atomic E-state index is 0.664. The van der Waals surface area contributed by atoms with Gasteiger partial charge in [0.05, 0.1) is 0 Å². The van der Waals surface area contributed by atoms with Gasteiger partial charge in [-0.25, -0.2) is 0 Å². The fraction of sp³-hybridized carbons (Fsp3) is 0.643. The van der Waals surface area contributed by atoms with Gasteiger partial charge in [0.2, 0.25) is 0 Å². The summed E-state index contributed by atoms with van der Waals surface area (Å²) in [6, 6.07) is 4.26. The van der Waals surface area contributed by atoms with Gasteiger partial charge in [0.25, 0.3) is 0 Å². The average Bonchev–Trinajstić information content (AvgIpc) is 2.33. The van der Waals surface area contributed by atoms with Gasteiger partial charge in [0.15, 0.2) is 0 Å². The summed E-state index contributed by atoms with van der Waals surface area (Å²) in [5, 5.41) is 0. The highest BCUT2D eigenvalue weighted by molar-refractivity contribution is 5.18. The Morgan fingerprint density at radius 3 is 2.13 bits per heavy atom. The van der Waals surface area contributed by atoms with Crippen LogP contribution in [-0.2, 0) is 0 Å². The Kier molecular flexibility index (Phi) is 12.4. The van der Waals surface area contributed by atoms with Crippen molar-refractivity contribution in [3.8, 4) is 0 Å². The number of hydrogen-bond acceptors (Lipinski definition) is 1. The maximum Gasteiger partial charge on any atom is 0.0375 e. The van der Waals surface area contributed by atoms with Crippen molar-refractivity contribution in [1.29, 1.82) is 0 Å². The zero-order valence-corrected chi connectivity index (χ0v) is 11.5. The zero-order valence-electron chi connectivity index (χ0n) is 11.5. The van der Waals surface area contributed by atoms with Crippen molar-refractivity contribution >= 4 is 0 Å². The van der Waals surface area contributed by atoms with Crippen molar-refractivity contribution < 1.29 is 0 Å². The van der Waals surface area contributed by atoms with E-state index in [9.17, 15) is 0 Å². The molecule has 0 aliphatic heterocycles. The summed E-state index contributed by atoms with van der Waals surface area (Å²) >= 11 is 0. The van der Waals surface area contributed by atoms with E-state index in [1.807, 2.05) is 40.8 Å². The van der Waals surface area contributed by atoms with Gasteiger partial charge in [-0.2, -0.15) is 0 Å². The van der Waals surface area contributed by atoms with Gasteiger partial charge in [0, 0.05) is 11.9 Å². The fourth-order valence-electron chi connectivity index (χ4n) is 1.11. The second-order valence-electron chi connectivity index (χ2n) is 3.04. The van der Waals surface area contributed by atoms with Crippen molar-refractivity contribution in [1.82, 2.24) is 4.98 Å². The molecule has 0 amide bonds. The molecule has 1 atom stereocenters. The molecule has 0 fully saturated rings. The van der Waals surface area contributed by atoms with Gasteiger partial charge in [-0.3, -0.25) is 4.98 Å². The van der Waals surface area contributed by atoms with Crippen molar-refractivity contribution in [2.24, 2.45) is 0 Å². The van der Waals surface area contributed by atoms with Crippen LogP contribution in [0.2, 0.25) is 0 Å². The standard InChI is InChI=1S/C10H15N.2C2H6/c1-4-8(2)10-5-6-11-9(3)7-10;2*1-2/h5-8H,4H2,1-3H3;2*1-2H3. The number of aryl methyl sites for hydroxylation is 1. The van der Waals surface area contributed by atoms with Crippen LogP contribution >= 0.6 is 0 Å². The molecule has 1 unspecified atom stereocenters. The van der Waals surface area contributed by atoms with Gasteiger partial charge in [-0.05, 0) is 37.0 Å². The monoisotopic (exact) mass is 209 g/mol. The highest BCUT2D eigenvalue weighted by Crippen LogP contribution is 2.17. The summed E-state index contributed by atoms with van der Waals surface area (Å²) in [5.74, 6) is 0.664. The minimum atomic E-state index is 0.664. The maximum absolute atomic E-state index is 4.16. The van der Waals surface area contributed by atoms with Crippen LogP contribution in [0.25, 0.3) is 0 Å². The Balaban J connectivity index is 0. The summed E-state index contributed by atoms with van der Waals surface area (Å²) in [5.41, 5.74) is 2.52. The number of rotatable bonds is 2. The molecule has 0 aliphatic carbocycles. The van der Waals surface area contributed by atoms with E-state index >= 15 is 0 Å². The fourth-order valence-corrected chi connectivity index (χ4v) is 1.11. The summed E-state index contributed by atoms with van der Waals surface area (Å²) in [7, 11) is 0. The molecule has 1 heterocycles. The first-order valence-electron chi connectivity index (χ1n) is 6.16. The predicted molar refractivity (Wildman–Crippen MR) is 70.4 cm³/mol. The van der Waals surface area contributed by atoms with Crippen LogP contribution in [0.5, 0.6) is 0 Å². The van der Waals surface area contributed by atoms with E-state index in [2.05, 4.69) is 31.0 Å². The minimum Gasteiger partial charge on any atom is -0.262 e. The topological polar surface area (TPSA) is 12.9 Å². The summed E-state index contributed by atoms with van der Waals surface area (Å²) in [6.45, 7) is 14.5. The first-order chi connectivity index (χ1) is 7.24. The quantitative estimate of drug-likeness (QED) is 0.671. The Morgan fingerprint density at radius 1 is 1.20 bits per heavy atom. The molecule has 1 nitrogen and oxygen atoms in total. The van der Waals surface area contributed by atoms with Crippen LogP contribution < -0.4 is 0 Å². The molecule has 0 saturated heterocycles. The summed E-state index contributed by atoms with van der Waals surface area (Å²) in [4.78, 5) is 4.16. The van der Waals surface area contributed by atoms with Crippen LogP contribution in [0.3, 0.4) is 0 Å². The molecule has 0 aromatic carbocycles. The highest BCUT2D eigenvalue weighted by Gasteiger charge is 2.01. The maximum atomic E-state index is 4.16. The van der Waals surface area contributed by atoms with E-state index in [4.69, 9.17) is 0 Å². The smallest absolute Gasteiger partial charge is 0.0375 e. The van der Waals surface area contributed by atoms with Gasteiger partial charge < -0.3 is 0 Å². The number of pyridine rings is 1. The molecule has 0 bridgehead atoms. The second kappa shape index (κ2) is 11.2. The van der Waals surface area contributed by atoms with E-state index in [1.165, 1.54) is 12.0 Å². The second-order valence-corrected chi connectivity index (χ2v) is 3.04. The summed E-state index contributed by atoms with van der Waals surface area (Å²) in [6.07, 6.45) is 3.08. The first kappa shape index (κ1) is 16.6. The normalized spacial score (nSPS) is 10.3. The molecule has 1 rings (SSSR count). The largest absolute Gasteiger partial charge is 0.262 e. The summed E-state index contributed by atoms with van der Waals surface area (Å²) < 4.78 is 0. The van der Waals surface area contributed by atoms with Crippen molar-refractivity contribution in [3.63, 3.8) is 0 Å². The lowest BCUT2D eigenvalue weighted by Gasteiger charge is -2.08. The lowest BCUT2D eigenvalue weighted by atomic mass is 9.99. The third kappa shape index (κ3) is 7.12. The van der Waals surface area contributed by atoms with E-state index in [0.29, 0.717) is 5.92 Å². The van der Waals surface area contributed by atoms with Gasteiger partial charge in [-0.15, -0.1) is 0 Å². The molecule has 0 aliphatic rings. The molecule has 1 aromatic heterocycles. The number of hydrogen-bond donors (Lipinski definition) is 0. The van der Waals surface area contributed by atoms with E-state index in [1.54, 1.807) is 0 Å². The molecule has 0 saturated carbocycles. The Bertz CT molecular complexity index is 231. The van der Waals surface area contributed by atoms with E-state index < -0.39 is 0 Å². The third-order valence-electron chi connectivity index (χ3n) is 2.10. The first-order valence-corrected chi connectivity index (χ1v) is 6.16. The van der Waals surface area contributed by atoms with Crippen molar-refractivity contribution in [2.45, 2.75) is 60.8 Å². The van der Waals surface area contributed by atoms with Crippen LogP contribution in [0.1, 0.15) is 65.1 Å². The molecule has 1 heteroatoms. The Labute approximate surface area is 95.9 Å². The number of aromatic nitrogens is 1. The number of nitrogens with zero attached hydrogens (tertiary/aromatic N) is 1. The zero-order chi connectivity index (χ0) is 12.3. The van der Waals surface area contributed by atoms with Crippen LogP contribution in [0, 0.1) is 6.92 Å². The molecule has 0 spiro atoms. The lowest BCUT2D eigenvalue weighted by Crippen LogP contribution is -1.92. The highest BCUT2D eigenvalue weighted by atomic mass is 14.6. The molecular formula is C14H27N. The molecule has 1 aromatic rings. The lowest BCUT2D eigenvalue weighted by molar-refractivity contribution is 0.731.